The Hall–Kier alpha value is -0.120. The van der Waals surface area contributed by atoms with Crippen molar-refractivity contribution >= 4 is 0 Å². The van der Waals surface area contributed by atoms with Crippen LogP contribution in [0.2, 0.25) is 0 Å². The summed E-state index contributed by atoms with van der Waals surface area (Å²) in [7, 11) is 1.80. The molecular formula is C17H36N2O. The Kier molecular flexibility index (Phi) is 6.96. The van der Waals surface area contributed by atoms with E-state index >= 15 is 0 Å². The van der Waals surface area contributed by atoms with Gasteiger partial charge >= 0.3 is 0 Å². The minimum absolute atomic E-state index is 0.199. The van der Waals surface area contributed by atoms with Crippen molar-refractivity contribution in [1.29, 1.82) is 0 Å². The van der Waals surface area contributed by atoms with Gasteiger partial charge in [0.15, 0.2) is 0 Å². The van der Waals surface area contributed by atoms with Gasteiger partial charge in [0.05, 0.1) is 6.61 Å². The zero-order valence-corrected chi connectivity index (χ0v) is 14.4. The minimum Gasteiger partial charge on any atom is -0.383 e. The summed E-state index contributed by atoms with van der Waals surface area (Å²) in [4.78, 5) is 2.69. The highest BCUT2D eigenvalue weighted by molar-refractivity contribution is 4.99. The second-order valence-corrected chi connectivity index (χ2v) is 7.25. The molecule has 0 aromatic rings. The number of nitrogens with zero attached hydrogens (tertiary/aromatic N) is 1. The van der Waals surface area contributed by atoms with E-state index in [2.05, 4.69) is 32.6 Å². The van der Waals surface area contributed by atoms with Crippen LogP contribution in [0.3, 0.4) is 0 Å². The molecule has 120 valence electrons. The van der Waals surface area contributed by atoms with Crippen molar-refractivity contribution in [1.82, 2.24) is 4.90 Å². The molecule has 3 heteroatoms. The second kappa shape index (κ2) is 7.77. The standard InChI is InChI=1S/C17H36N2O/c1-6-15(7-2)19(12-13-20-5)17(14-18)10-8-16(3,4)9-11-17/h15H,6-14,18H2,1-5H3. The Morgan fingerprint density at radius 3 is 2.05 bits per heavy atom. The normalized spacial score (nSPS) is 21.6. The predicted octanol–water partition coefficient (Wildman–Crippen LogP) is 3.42. The molecular weight excluding hydrogens is 248 g/mol. The van der Waals surface area contributed by atoms with Crippen LogP contribution in [-0.2, 0) is 4.74 Å². The first-order valence-electron chi connectivity index (χ1n) is 8.40. The van der Waals surface area contributed by atoms with Crippen molar-refractivity contribution in [2.45, 2.75) is 77.8 Å². The highest BCUT2D eigenvalue weighted by Crippen LogP contribution is 2.43. The van der Waals surface area contributed by atoms with Crippen LogP contribution in [0.25, 0.3) is 0 Å². The molecule has 1 fully saturated rings. The maximum absolute atomic E-state index is 6.26. The van der Waals surface area contributed by atoms with Crippen LogP contribution in [0.1, 0.15) is 66.2 Å². The molecule has 2 N–H and O–H groups in total. The zero-order chi connectivity index (χ0) is 15.2. The van der Waals surface area contributed by atoms with Crippen LogP contribution in [0.4, 0.5) is 0 Å². The van der Waals surface area contributed by atoms with Crippen molar-refractivity contribution in [3.8, 4) is 0 Å². The summed E-state index contributed by atoms with van der Waals surface area (Å²) in [5.41, 5.74) is 6.95. The van der Waals surface area contributed by atoms with Gasteiger partial charge in [-0.05, 0) is 43.9 Å². The maximum Gasteiger partial charge on any atom is 0.0590 e. The highest BCUT2D eigenvalue weighted by atomic mass is 16.5. The van der Waals surface area contributed by atoms with Crippen LogP contribution < -0.4 is 5.73 Å². The van der Waals surface area contributed by atoms with E-state index in [0.717, 1.165) is 19.7 Å². The van der Waals surface area contributed by atoms with Crippen molar-refractivity contribution in [3.05, 3.63) is 0 Å². The summed E-state index contributed by atoms with van der Waals surface area (Å²) in [6.45, 7) is 12.0. The van der Waals surface area contributed by atoms with E-state index in [1.54, 1.807) is 7.11 Å². The SMILES string of the molecule is CCC(CC)N(CCOC)C1(CN)CCC(C)(C)CC1. The molecule has 0 atom stereocenters. The fourth-order valence-corrected chi connectivity index (χ4v) is 3.73. The lowest BCUT2D eigenvalue weighted by atomic mass is 9.68. The van der Waals surface area contributed by atoms with Crippen molar-refractivity contribution in [2.75, 3.05) is 26.8 Å². The highest BCUT2D eigenvalue weighted by Gasteiger charge is 2.43. The number of ether oxygens (including phenoxy) is 1. The van der Waals surface area contributed by atoms with Gasteiger partial charge in [0.2, 0.25) is 0 Å². The van der Waals surface area contributed by atoms with E-state index in [-0.39, 0.29) is 5.54 Å². The number of nitrogens with two attached hydrogens (primary N) is 1. The quantitative estimate of drug-likeness (QED) is 0.742. The second-order valence-electron chi connectivity index (χ2n) is 7.25. The molecule has 20 heavy (non-hydrogen) atoms. The van der Waals surface area contributed by atoms with Gasteiger partial charge in [-0.2, -0.15) is 0 Å². The van der Waals surface area contributed by atoms with Gasteiger partial charge in [0.25, 0.3) is 0 Å². The smallest absolute Gasteiger partial charge is 0.0590 e. The molecule has 0 aliphatic heterocycles. The lowest BCUT2D eigenvalue weighted by molar-refractivity contribution is -0.0229. The van der Waals surface area contributed by atoms with E-state index in [0.29, 0.717) is 11.5 Å². The number of hydrogen-bond donors (Lipinski definition) is 1. The topological polar surface area (TPSA) is 38.5 Å². The monoisotopic (exact) mass is 284 g/mol. The Morgan fingerprint density at radius 1 is 1.10 bits per heavy atom. The molecule has 1 rings (SSSR count). The number of rotatable bonds is 8. The van der Waals surface area contributed by atoms with Gasteiger partial charge in [-0.25, -0.2) is 0 Å². The first-order valence-corrected chi connectivity index (χ1v) is 8.40. The van der Waals surface area contributed by atoms with Gasteiger partial charge in [0.1, 0.15) is 0 Å². The minimum atomic E-state index is 0.199. The van der Waals surface area contributed by atoms with E-state index in [1.807, 2.05) is 0 Å². The molecule has 1 aliphatic carbocycles. The molecule has 0 amide bonds. The average Bonchev–Trinajstić information content (AvgIpc) is 2.45. The van der Waals surface area contributed by atoms with Gasteiger partial charge in [-0.15, -0.1) is 0 Å². The fraction of sp³-hybridized carbons (Fsp3) is 1.00. The van der Waals surface area contributed by atoms with Crippen molar-refractivity contribution in [2.24, 2.45) is 11.1 Å². The third-order valence-electron chi connectivity index (χ3n) is 5.44. The van der Waals surface area contributed by atoms with E-state index < -0.39 is 0 Å². The van der Waals surface area contributed by atoms with Gasteiger partial charge in [-0.3, -0.25) is 4.90 Å². The van der Waals surface area contributed by atoms with Crippen molar-refractivity contribution < 1.29 is 4.74 Å². The Labute approximate surface area is 126 Å². The summed E-state index contributed by atoms with van der Waals surface area (Å²) in [5, 5.41) is 0. The molecule has 3 nitrogen and oxygen atoms in total. The summed E-state index contributed by atoms with van der Waals surface area (Å²) < 4.78 is 5.35. The lowest BCUT2D eigenvalue weighted by Gasteiger charge is -2.52. The molecule has 0 bridgehead atoms. The lowest BCUT2D eigenvalue weighted by Crippen LogP contribution is -2.60. The van der Waals surface area contributed by atoms with Crippen LogP contribution in [0.15, 0.2) is 0 Å². The van der Waals surface area contributed by atoms with Gasteiger partial charge < -0.3 is 10.5 Å². The van der Waals surface area contributed by atoms with Gasteiger partial charge in [-0.1, -0.05) is 27.7 Å². The molecule has 0 saturated heterocycles. The molecule has 0 unspecified atom stereocenters. The third kappa shape index (κ3) is 4.19. The predicted molar refractivity (Wildman–Crippen MR) is 87.0 cm³/mol. The molecule has 0 aromatic heterocycles. The number of methoxy groups -OCH3 is 1. The Morgan fingerprint density at radius 2 is 1.65 bits per heavy atom. The largest absolute Gasteiger partial charge is 0.383 e. The van der Waals surface area contributed by atoms with Gasteiger partial charge in [0, 0.05) is 31.8 Å². The Balaban J connectivity index is 2.89. The molecule has 1 aliphatic rings. The maximum atomic E-state index is 6.26. The van der Waals surface area contributed by atoms with E-state index in [4.69, 9.17) is 10.5 Å². The molecule has 0 spiro atoms. The molecule has 0 radical (unpaired) electrons. The fourth-order valence-electron chi connectivity index (χ4n) is 3.73. The Bertz CT molecular complexity index is 264. The molecule has 1 saturated carbocycles. The molecule has 0 aromatic carbocycles. The van der Waals surface area contributed by atoms with Crippen LogP contribution in [0.5, 0.6) is 0 Å². The third-order valence-corrected chi connectivity index (χ3v) is 5.44. The first-order chi connectivity index (χ1) is 9.44. The van der Waals surface area contributed by atoms with Crippen LogP contribution in [0, 0.1) is 5.41 Å². The summed E-state index contributed by atoms with van der Waals surface area (Å²) in [6.07, 6.45) is 7.44. The van der Waals surface area contributed by atoms with Crippen LogP contribution >= 0.6 is 0 Å². The average molecular weight is 284 g/mol. The van der Waals surface area contributed by atoms with E-state index in [1.165, 1.54) is 38.5 Å². The van der Waals surface area contributed by atoms with Crippen LogP contribution in [-0.4, -0.2) is 43.3 Å². The summed E-state index contributed by atoms with van der Waals surface area (Å²) >= 11 is 0. The van der Waals surface area contributed by atoms with Crippen molar-refractivity contribution in [3.63, 3.8) is 0 Å². The zero-order valence-electron chi connectivity index (χ0n) is 14.4. The summed E-state index contributed by atoms with van der Waals surface area (Å²) in [6, 6.07) is 0.634. The first kappa shape index (κ1) is 17.9. The molecule has 0 heterocycles. The van der Waals surface area contributed by atoms with E-state index in [9.17, 15) is 0 Å². The summed E-state index contributed by atoms with van der Waals surface area (Å²) in [5.74, 6) is 0. The number of hydrogen-bond acceptors (Lipinski definition) is 3.